The fraction of sp³-hybridized carbons (Fsp3) is 0.412. The topological polar surface area (TPSA) is 104 Å². The van der Waals surface area contributed by atoms with E-state index in [1.54, 1.807) is 13.8 Å². The summed E-state index contributed by atoms with van der Waals surface area (Å²) in [7, 11) is 0. The highest BCUT2D eigenvalue weighted by molar-refractivity contribution is 8.01. The summed E-state index contributed by atoms with van der Waals surface area (Å²) >= 11 is 1.16. The predicted octanol–water partition coefficient (Wildman–Crippen LogP) is 1.03. The van der Waals surface area contributed by atoms with E-state index in [2.05, 4.69) is 5.32 Å². The Labute approximate surface area is 152 Å². The summed E-state index contributed by atoms with van der Waals surface area (Å²) in [5.41, 5.74) is -1.73. The van der Waals surface area contributed by atoms with Gasteiger partial charge in [-0.05, 0) is 45.0 Å². The highest BCUT2D eigenvalue weighted by Gasteiger charge is 2.74. The van der Waals surface area contributed by atoms with Crippen molar-refractivity contribution in [3.05, 3.63) is 35.6 Å². The molecule has 0 saturated carbocycles. The Kier molecular flexibility index (Phi) is 4.10. The maximum Gasteiger partial charge on any atom is 0.327 e. The van der Waals surface area contributed by atoms with Crippen LogP contribution in [0.1, 0.15) is 31.1 Å². The number of benzene rings is 1. The minimum Gasteiger partial charge on any atom is -0.480 e. The van der Waals surface area contributed by atoms with Gasteiger partial charge in [-0.3, -0.25) is 14.4 Å². The number of ketones is 1. The van der Waals surface area contributed by atoms with Gasteiger partial charge >= 0.3 is 5.97 Å². The van der Waals surface area contributed by atoms with Crippen LogP contribution in [0.5, 0.6) is 0 Å². The van der Waals surface area contributed by atoms with Crippen LogP contribution < -0.4 is 5.32 Å². The number of carbonyl (C=O) groups is 4. The lowest BCUT2D eigenvalue weighted by molar-refractivity contribution is -0.170. The molecular weight excluding hydrogens is 363 g/mol. The first kappa shape index (κ1) is 18.4. The third-order valence-corrected chi connectivity index (χ3v) is 6.39. The van der Waals surface area contributed by atoms with Crippen molar-refractivity contribution >= 4 is 35.3 Å². The van der Waals surface area contributed by atoms with Crippen molar-refractivity contribution in [2.24, 2.45) is 0 Å². The maximum atomic E-state index is 13.0. The fourth-order valence-corrected chi connectivity index (χ4v) is 5.19. The molecule has 138 valence electrons. The van der Waals surface area contributed by atoms with Gasteiger partial charge in [-0.1, -0.05) is 0 Å². The van der Waals surface area contributed by atoms with Gasteiger partial charge in [0.1, 0.15) is 17.2 Å². The molecule has 0 aromatic heterocycles. The number of nitrogens with one attached hydrogen (secondary N) is 1. The molecule has 9 heteroatoms. The van der Waals surface area contributed by atoms with E-state index in [1.165, 1.54) is 19.1 Å². The summed E-state index contributed by atoms with van der Waals surface area (Å²) in [5.74, 6) is -3.71. The summed E-state index contributed by atoms with van der Waals surface area (Å²) in [6, 6.07) is 3.58. The van der Waals surface area contributed by atoms with Gasteiger partial charge in [-0.25, -0.2) is 9.18 Å². The van der Waals surface area contributed by atoms with Gasteiger partial charge in [0.15, 0.2) is 5.78 Å². The molecule has 2 saturated heterocycles. The number of carboxylic acids is 1. The molecule has 3 rings (SSSR count). The fourth-order valence-electron chi connectivity index (χ4n) is 3.44. The van der Waals surface area contributed by atoms with Gasteiger partial charge in [0.25, 0.3) is 11.8 Å². The minimum atomic E-state index is -1.82. The second-order valence-corrected chi connectivity index (χ2v) is 8.59. The molecule has 26 heavy (non-hydrogen) atoms. The Morgan fingerprint density at radius 2 is 1.81 bits per heavy atom. The van der Waals surface area contributed by atoms with Crippen LogP contribution in [0.25, 0.3) is 0 Å². The second-order valence-electron chi connectivity index (χ2n) is 6.85. The highest BCUT2D eigenvalue weighted by Crippen LogP contribution is 2.55. The lowest BCUT2D eigenvalue weighted by atomic mass is 9.81. The molecule has 0 bridgehead atoms. The molecule has 2 amide bonds. The summed E-state index contributed by atoms with van der Waals surface area (Å²) < 4.78 is 12.2. The van der Waals surface area contributed by atoms with E-state index >= 15 is 0 Å². The number of β-lactam (4-membered cyclic amide) rings is 1. The lowest BCUT2D eigenvalue weighted by Crippen LogP contribution is -2.82. The number of hydrogen-bond acceptors (Lipinski definition) is 5. The monoisotopic (exact) mass is 380 g/mol. The average molecular weight is 380 g/mol. The lowest BCUT2D eigenvalue weighted by Gasteiger charge is -2.51. The number of carbonyl (C=O) groups excluding carboxylic acids is 3. The van der Waals surface area contributed by atoms with E-state index in [-0.39, 0.29) is 5.56 Å². The van der Waals surface area contributed by atoms with Crippen molar-refractivity contribution in [2.45, 2.75) is 42.5 Å². The predicted molar refractivity (Wildman–Crippen MR) is 91.0 cm³/mol. The molecule has 1 aromatic rings. The first-order chi connectivity index (χ1) is 12.0. The summed E-state index contributed by atoms with van der Waals surface area (Å²) in [4.78, 5) is 50.3. The van der Waals surface area contributed by atoms with Gasteiger partial charge in [-0.2, -0.15) is 0 Å². The van der Waals surface area contributed by atoms with Crippen LogP contribution in [0.4, 0.5) is 4.39 Å². The molecule has 1 aromatic carbocycles. The summed E-state index contributed by atoms with van der Waals surface area (Å²) in [6.45, 7) is 4.53. The van der Waals surface area contributed by atoms with E-state index in [9.17, 15) is 28.7 Å². The van der Waals surface area contributed by atoms with Gasteiger partial charge in [0.2, 0.25) is 5.54 Å². The Bertz CT molecular complexity index is 825. The molecular formula is C17H17FN2O5S. The van der Waals surface area contributed by atoms with Crippen LogP contribution in [0.15, 0.2) is 24.3 Å². The molecule has 7 nitrogen and oxygen atoms in total. The Hall–Kier alpha value is -2.42. The van der Waals surface area contributed by atoms with Gasteiger partial charge in [-0.15, -0.1) is 11.8 Å². The van der Waals surface area contributed by atoms with Crippen molar-refractivity contribution in [3.8, 4) is 0 Å². The van der Waals surface area contributed by atoms with Crippen molar-refractivity contribution < 1.29 is 28.7 Å². The number of Topliss-reactive ketones (excluding diaryl/α,β-unsaturated/α-hetero) is 1. The third kappa shape index (κ3) is 2.41. The van der Waals surface area contributed by atoms with Gasteiger partial charge < -0.3 is 15.3 Å². The summed E-state index contributed by atoms with van der Waals surface area (Å²) in [6.07, 6.45) is 0. The third-order valence-electron chi connectivity index (χ3n) is 4.75. The maximum absolute atomic E-state index is 13.0. The molecule has 3 atom stereocenters. The molecule has 2 aliphatic rings. The molecule has 0 radical (unpaired) electrons. The molecule has 0 spiro atoms. The van der Waals surface area contributed by atoms with Crippen molar-refractivity contribution in [3.63, 3.8) is 0 Å². The first-order valence-electron chi connectivity index (χ1n) is 7.85. The van der Waals surface area contributed by atoms with Crippen LogP contribution in [0, 0.1) is 5.82 Å². The Morgan fingerprint density at radius 3 is 2.31 bits per heavy atom. The largest absolute Gasteiger partial charge is 0.480 e. The number of thioether (sulfide) groups is 1. The number of rotatable bonds is 4. The standard InChI is InChI=1S/C17H17FN2O5S/c1-8(21)17(19-12(22)9-4-6-10(18)7-5-9)14(25)20-11(13(23)24)16(2,3)26-15(17)20/h4-7,11,15H,1-3H3,(H,19,22)(H,23,24)/t11-,15+,17-/m0/s1. The van der Waals surface area contributed by atoms with E-state index < -0.39 is 51.1 Å². The van der Waals surface area contributed by atoms with Crippen LogP contribution >= 0.6 is 11.8 Å². The van der Waals surface area contributed by atoms with Crippen LogP contribution in [0.2, 0.25) is 0 Å². The zero-order valence-electron chi connectivity index (χ0n) is 14.3. The normalized spacial score (nSPS) is 28.9. The van der Waals surface area contributed by atoms with E-state index in [0.717, 1.165) is 28.8 Å². The second kappa shape index (κ2) is 5.80. The minimum absolute atomic E-state index is 0.0929. The molecule has 0 unspecified atom stereocenters. The SMILES string of the molecule is CC(=O)[C@]1(NC(=O)c2ccc(F)cc2)C(=O)N2[C@@H](C(=O)O)C(C)(C)S[C@@H]21. The number of hydrogen-bond donors (Lipinski definition) is 2. The van der Waals surface area contributed by atoms with Crippen LogP contribution in [0.3, 0.4) is 0 Å². The number of aliphatic carboxylic acids is 1. The van der Waals surface area contributed by atoms with Crippen molar-refractivity contribution in [1.29, 1.82) is 0 Å². The summed E-state index contributed by atoms with van der Waals surface area (Å²) in [5, 5.41) is 11.1. The van der Waals surface area contributed by atoms with Gasteiger partial charge in [0.05, 0.1) is 0 Å². The molecule has 2 fully saturated rings. The van der Waals surface area contributed by atoms with E-state index in [4.69, 9.17) is 0 Å². The zero-order chi connectivity index (χ0) is 19.4. The number of amides is 2. The average Bonchev–Trinajstić information content (AvgIpc) is 2.81. The number of fused-ring (bicyclic) bond motifs is 1. The van der Waals surface area contributed by atoms with E-state index in [1.807, 2.05) is 0 Å². The van der Waals surface area contributed by atoms with E-state index in [0.29, 0.717) is 0 Å². The smallest absolute Gasteiger partial charge is 0.327 e. The van der Waals surface area contributed by atoms with Gasteiger partial charge in [0, 0.05) is 10.3 Å². The molecule has 2 heterocycles. The Morgan fingerprint density at radius 1 is 1.23 bits per heavy atom. The van der Waals surface area contributed by atoms with Crippen molar-refractivity contribution in [2.75, 3.05) is 0 Å². The van der Waals surface area contributed by atoms with Crippen LogP contribution in [-0.2, 0) is 14.4 Å². The highest BCUT2D eigenvalue weighted by atomic mass is 32.2. The zero-order valence-corrected chi connectivity index (χ0v) is 15.1. The number of halogens is 1. The molecule has 2 N–H and O–H groups in total. The quantitative estimate of drug-likeness (QED) is 0.597. The number of nitrogens with zero attached hydrogens (tertiary/aromatic N) is 1. The molecule has 2 aliphatic heterocycles. The van der Waals surface area contributed by atoms with Crippen LogP contribution in [-0.4, -0.2) is 55.3 Å². The molecule has 0 aliphatic carbocycles. The van der Waals surface area contributed by atoms with Crippen molar-refractivity contribution in [1.82, 2.24) is 10.2 Å². The Balaban J connectivity index is 1.94. The first-order valence-corrected chi connectivity index (χ1v) is 8.73. The number of carboxylic acid groups (broad SMARTS) is 1.